The number of furan rings is 1. The number of aliphatic carboxylic acids is 1. The van der Waals surface area contributed by atoms with E-state index in [1.807, 2.05) is 72.8 Å². The number of benzene rings is 3. The third kappa shape index (κ3) is 3.63. The van der Waals surface area contributed by atoms with Crippen LogP contribution in [0.15, 0.2) is 89.5 Å². The van der Waals surface area contributed by atoms with E-state index in [4.69, 9.17) is 9.15 Å². The van der Waals surface area contributed by atoms with Crippen LogP contribution in [0.1, 0.15) is 0 Å². The van der Waals surface area contributed by atoms with Gasteiger partial charge in [-0.05, 0) is 59.2 Å². The van der Waals surface area contributed by atoms with E-state index in [1.54, 1.807) is 13.4 Å². The normalized spacial score (nSPS) is 11.0. The number of rotatable bonds is 6. The lowest BCUT2D eigenvalue weighted by atomic mass is 9.99. The van der Waals surface area contributed by atoms with Gasteiger partial charge in [0.05, 0.1) is 24.8 Å². The summed E-state index contributed by atoms with van der Waals surface area (Å²) in [6, 6.07) is 25.4. The van der Waals surface area contributed by atoms with Crippen molar-refractivity contribution < 1.29 is 19.1 Å². The van der Waals surface area contributed by atoms with Gasteiger partial charge in [0.25, 0.3) is 0 Å². The summed E-state index contributed by atoms with van der Waals surface area (Å²) >= 11 is 0. The topological polar surface area (TPSA) is 77.5 Å². The summed E-state index contributed by atoms with van der Waals surface area (Å²) in [7, 11) is 1.62. The van der Waals surface area contributed by atoms with Gasteiger partial charge in [-0.1, -0.05) is 36.4 Å². The average molecular weight is 424 g/mol. The molecule has 0 amide bonds. The maximum atomic E-state index is 11.4. The lowest BCUT2D eigenvalue weighted by Gasteiger charge is -2.07. The highest BCUT2D eigenvalue weighted by Gasteiger charge is 2.15. The van der Waals surface area contributed by atoms with Crippen LogP contribution >= 0.6 is 0 Å². The average Bonchev–Trinajstić information content (AvgIpc) is 3.46. The number of carbonyl (C=O) groups is 1. The Bertz CT molecular complexity index is 1400. The Balaban J connectivity index is 1.53. The smallest absolute Gasteiger partial charge is 0.325 e. The van der Waals surface area contributed by atoms with Gasteiger partial charge in [0.1, 0.15) is 17.9 Å². The molecule has 0 fully saturated rings. The lowest BCUT2D eigenvalue weighted by Crippen LogP contribution is -2.11. The summed E-state index contributed by atoms with van der Waals surface area (Å²) in [4.78, 5) is 11.4. The van der Waals surface area contributed by atoms with E-state index >= 15 is 0 Å². The van der Waals surface area contributed by atoms with Crippen molar-refractivity contribution in [3.63, 3.8) is 0 Å². The second kappa shape index (κ2) is 8.07. The highest BCUT2D eigenvalue weighted by atomic mass is 16.5. The molecule has 0 aliphatic heterocycles. The molecule has 0 atom stereocenters. The standard InChI is InChI=1S/C26H20N2O4/c1-31-20-11-9-18(10-12-20)23-15-24(28(27-23)16-26(29)30)19-7-5-17(6-8-19)21-3-2-4-25-22(21)13-14-32-25/h2-15H,16H2,1H3,(H,29,30). The van der Waals surface area contributed by atoms with E-state index < -0.39 is 5.97 Å². The fraction of sp³-hybridized carbons (Fsp3) is 0.0769. The van der Waals surface area contributed by atoms with Crippen LogP contribution in [0.5, 0.6) is 5.75 Å². The third-order valence-corrected chi connectivity index (χ3v) is 5.44. The van der Waals surface area contributed by atoms with E-state index in [9.17, 15) is 9.90 Å². The Morgan fingerprint density at radius 3 is 2.41 bits per heavy atom. The zero-order valence-electron chi connectivity index (χ0n) is 17.4. The summed E-state index contributed by atoms with van der Waals surface area (Å²) in [6.07, 6.45) is 1.69. The Morgan fingerprint density at radius 1 is 0.969 bits per heavy atom. The molecule has 0 unspecified atom stereocenters. The van der Waals surface area contributed by atoms with Crippen LogP contribution in [0.3, 0.4) is 0 Å². The Labute approximate surface area is 184 Å². The molecule has 3 aromatic carbocycles. The number of methoxy groups -OCH3 is 1. The zero-order chi connectivity index (χ0) is 22.1. The SMILES string of the molecule is COc1ccc(-c2cc(-c3ccc(-c4cccc5occc45)cc3)n(CC(=O)O)n2)cc1. The number of carboxylic acid groups (broad SMARTS) is 1. The summed E-state index contributed by atoms with van der Waals surface area (Å²) in [5, 5.41) is 15.0. The number of aromatic nitrogens is 2. The van der Waals surface area contributed by atoms with Gasteiger partial charge in [-0.2, -0.15) is 5.10 Å². The van der Waals surface area contributed by atoms with Gasteiger partial charge < -0.3 is 14.3 Å². The van der Waals surface area contributed by atoms with Crippen LogP contribution in [0.25, 0.3) is 44.6 Å². The van der Waals surface area contributed by atoms with E-state index in [2.05, 4.69) is 11.2 Å². The Morgan fingerprint density at radius 2 is 1.69 bits per heavy atom. The molecule has 0 aliphatic rings. The predicted octanol–water partition coefficient (Wildman–Crippen LogP) is 5.72. The summed E-state index contributed by atoms with van der Waals surface area (Å²) in [5.74, 6) is -0.193. The van der Waals surface area contributed by atoms with Crippen molar-refractivity contribution in [1.82, 2.24) is 9.78 Å². The lowest BCUT2D eigenvalue weighted by molar-refractivity contribution is -0.137. The minimum absolute atomic E-state index is 0.221. The quantitative estimate of drug-likeness (QED) is 0.377. The van der Waals surface area contributed by atoms with Crippen molar-refractivity contribution in [2.24, 2.45) is 0 Å². The van der Waals surface area contributed by atoms with Gasteiger partial charge in [-0.25, -0.2) is 0 Å². The largest absolute Gasteiger partial charge is 0.497 e. The molecule has 0 spiro atoms. The molecule has 0 saturated heterocycles. The van der Waals surface area contributed by atoms with Gasteiger partial charge >= 0.3 is 5.97 Å². The van der Waals surface area contributed by atoms with Crippen LogP contribution in [-0.4, -0.2) is 28.0 Å². The second-order valence-electron chi connectivity index (χ2n) is 7.41. The molecule has 0 saturated carbocycles. The molecular formula is C26H20N2O4. The molecule has 2 aromatic heterocycles. The summed E-state index contributed by atoms with van der Waals surface area (Å²) in [6.45, 7) is -0.221. The minimum atomic E-state index is -0.945. The van der Waals surface area contributed by atoms with Gasteiger partial charge in [-0.3, -0.25) is 9.48 Å². The minimum Gasteiger partial charge on any atom is -0.497 e. The number of ether oxygens (including phenoxy) is 1. The van der Waals surface area contributed by atoms with Crippen LogP contribution in [0.4, 0.5) is 0 Å². The number of carboxylic acids is 1. The summed E-state index contributed by atoms with van der Waals surface area (Å²) < 4.78 is 12.2. The van der Waals surface area contributed by atoms with Crippen LogP contribution < -0.4 is 4.74 Å². The molecule has 6 heteroatoms. The van der Waals surface area contributed by atoms with Gasteiger partial charge in [0.2, 0.25) is 0 Å². The number of hydrogen-bond acceptors (Lipinski definition) is 4. The summed E-state index contributed by atoms with van der Waals surface area (Å²) in [5.41, 5.74) is 6.21. The molecular weight excluding hydrogens is 404 g/mol. The van der Waals surface area contributed by atoms with Crippen molar-refractivity contribution in [3.05, 3.63) is 85.1 Å². The fourth-order valence-corrected chi connectivity index (χ4v) is 3.87. The monoisotopic (exact) mass is 424 g/mol. The highest BCUT2D eigenvalue weighted by Crippen LogP contribution is 2.32. The van der Waals surface area contributed by atoms with Crippen molar-refractivity contribution in [1.29, 1.82) is 0 Å². The van der Waals surface area contributed by atoms with Crippen molar-refractivity contribution in [2.75, 3.05) is 7.11 Å². The van der Waals surface area contributed by atoms with Crippen LogP contribution in [0.2, 0.25) is 0 Å². The van der Waals surface area contributed by atoms with Crippen molar-refractivity contribution in [2.45, 2.75) is 6.54 Å². The van der Waals surface area contributed by atoms with E-state index in [0.29, 0.717) is 5.69 Å². The first kappa shape index (κ1) is 19.6. The molecule has 6 nitrogen and oxygen atoms in total. The molecule has 0 bridgehead atoms. The van der Waals surface area contributed by atoms with E-state index in [1.165, 1.54) is 4.68 Å². The molecule has 158 valence electrons. The molecule has 1 N–H and O–H groups in total. The molecule has 5 rings (SSSR count). The molecule has 2 heterocycles. The van der Waals surface area contributed by atoms with E-state index in [-0.39, 0.29) is 6.54 Å². The molecule has 0 aliphatic carbocycles. The first-order valence-corrected chi connectivity index (χ1v) is 10.1. The van der Waals surface area contributed by atoms with Crippen LogP contribution in [0, 0.1) is 0 Å². The molecule has 32 heavy (non-hydrogen) atoms. The van der Waals surface area contributed by atoms with Crippen molar-refractivity contribution >= 4 is 16.9 Å². The third-order valence-electron chi connectivity index (χ3n) is 5.44. The number of fused-ring (bicyclic) bond motifs is 1. The number of nitrogens with zero attached hydrogens (tertiary/aromatic N) is 2. The maximum absolute atomic E-state index is 11.4. The van der Waals surface area contributed by atoms with E-state index in [0.717, 1.165) is 44.7 Å². The first-order valence-electron chi connectivity index (χ1n) is 10.1. The number of hydrogen-bond donors (Lipinski definition) is 1. The predicted molar refractivity (Wildman–Crippen MR) is 122 cm³/mol. The van der Waals surface area contributed by atoms with Gasteiger partial charge in [0, 0.05) is 10.9 Å². The molecule has 5 aromatic rings. The fourth-order valence-electron chi connectivity index (χ4n) is 3.87. The van der Waals surface area contributed by atoms with Crippen LogP contribution in [-0.2, 0) is 11.3 Å². The highest BCUT2D eigenvalue weighted by molar-refractivity contribution is 5.94. The first-order chi connectivity index (χ1) is 15.6. The molecule has 0 radical (unpaired) electrons. The van der Waals surface area contributed by atoms with Gasteiger partial charge in [0.15, 0.2) is 0 Å². The zero-order valence-corrected chi connectivity index (χ0v) is 17.4. The van der Waals surface area contributed by atoms with Gasteiger partial charge in [-0.15, -0.1) is 0 Å². The van der Waals surface area contributed by atoms with Crippen molar-refractivity contribution in [3.8, 4) is 39.4 Å². The second-order valence-corrected chi connectivity index (χ2v) is 7.41. The Kier molecular flexibility index (Phi) is 4.95. The maximum Gasteiger partial charge on any atom is 0.325 e. The Hall–Kier alpha value is -4.32.